The molecular weight excluding hydrogens is 256 g/mol. The molecule has 0 aliphatic heterocycles. The van der Waals surface area contributed by atoms with Crippen molar-refractivity contribution < 1.29 is 5.11 Å². The van der Waals surface area contributed by atoms with E-state index in [9.17, 15) is 5.11 Å². The summed E-state index contributed by atoms with van der Waals surface area (Å²) in [5, 5.41) is 14.9. The standard InChI is InChI=1S/C11H13BrN2O/c1-7(2)14-10(6-15)8-4-3-5-9(12)11(8)13-14/h3-5,7,15H,6H2,1-2H3. The number of aliphatic hydroxyl groups excluding tert-OH is 1. The van der Waals surface area contributed by atoms with Crippen LogP contribution >= 0.6 is 15.9 Å². The van der Waals surface area contributed by atoms with Gasteiger partial charge in [-0.25, -0.2) is 0 Å². The quantitative estimate of drug-likeness (QED) is 0.910. The van der Waals surface area contributed by atoms with Crippen molar-refractivity contribution in [1.29, 1.82) is 0 Å². The predicted molar refractivity (Wildman–Crippen MR) is 63.7 cm³/mol. The highest BCUT2D eigenvalue weighted by atomic mass is 79.9. The van der Waals surface area contributed by atoms with Gasteiger partial charge in [-0.05, 0) is 35.8 Å². The highest BCUT2D eigenvalue weighted by molar-refractivity contribution is 9.10. The summed E-state index contributed by atoms with van der Waals surface area (Å²) in [6.07, 6.45) is 0. The second kappa shape index (κ2) is 3.94. The highest BCUT2D eigenvalue weighted by Crippen LogP contribution is 2.27. The Morgan fingerprint density at radius 1 is 1.47 bits per heavy atom. The molecule has 0 aliphatic carbocycles. The molecule has 0 radical (unpaired) electrons. The average Bonchev–Trinajstić information content (AvgIpc) is 2.57. The third kappa shape index (κ3) is 1.68. The van der Waals surface area contributed by atoms with E-state index in [1.54, 1.807) is 0 Å². The minimum absolute atomic E-state index is 0.0190. The summed E-state index contributed by atoms with van der Waals surface area (Å²) in [4.78, 5) is 0. The van der Waals surface area contributed by atoms with Crippen LogP contribution in [0.5, 0.6) is 0 Å². The minimum Gasteiger partial charge on any atom is -0.390 e. The van der Waals surface area contributed by atoms with E-state index in [1.165, 1.54) is 0 Å². The first-order valence-electron chi connectivity index (χ1n) is 4.91. The van der Waals surface area contributed by atoms with Crippen LogP contribution in [-0.4, -0.2) is 14.9 Å². The van der Waals surface area contributed by atoms with Crippen molar-refractivity contribution in [2.45, 2.75) is 26.5 Å². The molecule has 2 rings (SSSR count). The van der Waals surface area contributed by atoms with Crippen molar-refractivity contribution in [2.24, 2.45) is 0 Å². The zero-order valence-corrected chi connectivity index (χ0v) is 10.3. The van der Waals surface area contributed by atoms with Gasteiger partial charge in [0.05, 0.1) is 12.3 Å². The molecule has 0 spiro atoms. The molecule has 0 amide bonds. The van der Waals surface area contributed by atoms with Crippen LogP contribution in [0, 0.1) is 0 Å². The van der Waals surface area contributed by atoms with Crippen molar-refractivity contribution in [3.63, 3.8) is 0 Å². The number of aliphatic hydroxyl groups is 1. The van der Waals surface area contributed by atoms with Gasteiger partial charge in [0.25, 0.3) is 0 Å². The Morgan fingerprint density at radius 2 is 2.20 bits per heavy atom. The molecule has 1 heterocycles. The molecule has 2 aromatic rings. The van der Waals surface area contributed by atoms with Crippen LogP contribution in [0.4, 0.5) is 0 Å². The van der Waals surface area contributed by atoms with Gasteiger partial charge >= 0.3 is 0 Å². The molecule has 3 nitrogen and oxygen atoms in total. The fraction of sp³-hybridized carbons (Fsp3) is 0.364. The number of aromatic nitrogens is 2. The van der Waals surface area contributed by atoms with Crippen LogP contribution in [0.3, 0.4) is 0 Å². The van der Waals surface area contributed by atoms with Gasteiger partial charge in [-0.1, -0.05) is 12.1 Å². The number of hydrogen-bond donors (Lipinski definition) is 1. The van der Waals surface area contributed by atoms with Crippen LogP contribution in [-0.2, 0) is 6.61 Å². The number of rotatable bonds is 2. The molecule has 0 saturated carbocycles. The van der Waals surface area contributed by atoms with E-state index in [-0.39, 0.29) is 12.6 Å². The summed E-state index contributed by atoms with van der Waals surface area (Å²) < 4.78 is 2.84. The van der Waals surface area contributed by atoms with Crippen molar-refractivity contribution in [2.75, 3.05) is 0 Å². The first-order valence-corrected chi connectivity index (χ1v) is 5.71. The summed E-state index contributed by atoms with van der Waals surface area (Å²) in [5.74, 6) is 0. The molecule has 80 valence electrons. The minimum atomic E-state index is 0.0190. The lowest BCUT2D eigenvalue weighted by Gasteiger charge is -2.08. The van der Waals surface area contributed by atoms with Gasteiger partial charge in [-0.3, -0.25) is 4.68 Å². The lowest BCUT2D eigenvalue weighted by Crippen LogP contribution is -2.07. The fourth-order valence-corrected chi connectivity index (χ4v) is 2.17. The van der Waals surface area contributed by atoms with Crippen LogP contribution in [0.25, 0.3) is 10.9 Å². The zero-order valence-electron chi connectivity index (χ0n) is 8.74. The van der Waals surface area contributed by atoms with E-state index in [1.807, 2.05) is 22.9 Å². The van der Waals surface area contributed by atoms with E-state index >= 15 is 0 Å². The number of benzene rings is 1. The van der Waals surface area contributed by atoms with E-state index in [0.717, 1.165) is 21.1 Å². The Morgan fingerprint density at radius 3 is 2.80 bits per heavy atom. The topological polar surface area (TPSA) is 38.0 Å². The summed E-state index contributed by atoms with van der Waals surface area (Å²) in [6.45, 7) is 4.13. The van der Waals surface area contributed by atoms with Crippen molar-refractivity contribution in [3.8, 4) is 0 Å². The number of hydrogen-bond acceptors (Lipinski definition) is 2. The molecule has 0 fully saturated rings. The summed E-state index contributed by atoms with van der Waals surface area (Å²) in [5.41, 5.74) is 1.79. The van der Waals surface area contributed by atoms with Gasteiger partial charge in [0.1, 0.15) is 5.52 Å². The molecule has 4 heteroatoms. The van der Waals surface area contributed by atoms with Gasteiger partial charge in [0.2, 0.25) is 0 Å². The van der Waals surface area contributed by atoms with E-state index < -0.39 is 0 Å². The largest absolute Gasteiger partial charge is 0.390 e. The second-order valence-corrected chi connectivity index (χ2v) is 4.63. The fourth-order valence-electron chi connectivity index (χ4n) is 1.73. The highest BCUT2D eigenvalue weighted by Gasteiger charge is 2.13. The molecule has 0 aliphatic rings. The molecule has 1 aromatic carbocycles. The van der Waals surface area contributed by atoms with Gasteiger partial charge < -0.3 is 5.11 Å². The SMILES string of the molecule is CC(C)n1nc2c(Br)cccc2c1CO. The Balaban J connectivity index is 2.78. The first-order chi connectivity index (χ1) is 7.15. The van der Waals surface area contributed by atoms with Gasteiger partial charge in [-0.15, -0.1) is 0 Å². The van der Waals surface area contributed by atoms with Gasteiger partial charge in [0.15, 0.2) is 0 Å². The summed E-state index contributed by atoms with van der Waals surface area (Å²) in [7, 11) is 0. The smallest absolute Gasteiger partial charge is 0.107 e. The van der Waals surface area contributed by atoms with Gasteiger partial charge in [-0.2, -0.15) is 5.10 Å². The number of fused-ring (bicyclic) bond motifs is 1. The Kier molecular flexibility index (Phi) is 2.80. The van der Waals surface area contributed by atoms with Crippen molar-refractivity contribution in [3.05, 3.63) is 28.4 Å². The predicted octanol–water partition coefficient (Wildman–Crippen LogP) is 2.87. The van der Waals surface area contributed by atoms with E-state index in [0.29, 0.717) is 0 Å². The van der Waals surface area contributed by atoms with E-state index in [2.05, 4.69) is 34.9 Å². The maximum Gasteiger partial charge on any atom is 0.107 e. The zero-order chi connectivity index (χ0) is 11.0. The molecule has 1 N–H and O–H groups in total. The number of nitrogens with zero attached hydrogens (tertiary/aromatic N) is 2. The molecule has 1 aromatic heterocycles. The van der Waals surface area contributed by atoms with Gasteiger partial charge in [0, 0.05) is 15.9 Å². The average molecular weight is 269 g/mol. The number of halogens is 1. The summed E-state index contributed by atoms with van der Waals surface area (Å²) in [6, 6.07) is 6.16. The Labute approximate surface area is 96.8 Å². The van der Waals surface area contributed by atoms with Crippen molar-refractivity contribution >= 4 is 26.8 Å². The third-order valence-corrected chi connectivity index (χ3v) is 3.06. The van der Waals surface area contributed by atoms with E-state index in [4.69, 9.17) is 0 Å². The lowest BCUT2D eigenvalue weighted by molar-refractivity contribution is 0.266. The van der Waals surface area contributed by atoms with Crippen LogP contribution < -0.4 is 0 Å². The molecule has 0 saturated heterocycles. The molecule has 15 heavy (non-hydrogen) atoms. The maximum absolute atomic E-state index is 9.37. The second-order valence-electron chi connectivity index (χ2n) is 3.78. The van der Waals surface area contributed by atoms with Crippen LogP contribution in [0.1, 0.15) is 25.6 Å². The molecular formula is C11H13BrN2O. The first kappa shape index (κ1) is 10.6. The lowest BCUT2D eigenvalue weighted by atomic mass is 10.2. The molecule has 0 bridgehead atoms. The van der Waals surface area contributed by atoms with Crippen LogP contribution in [0.2, 0.25) is 0 Å². The van der Waals surface area contributed by atoms with Crippen molar-refractivity contribution in [1.82, 2.24) is 9.78 Å². The third-order valence-electron chi connectivity index (χ3n) is 2.42. The Hall–Kier alpha value is -0.870. The normalized spacial score (nSPS) is 11.5. The molecule has 0 atom stereocenters. The van der Waals surface area contributed by atoms with Crippen LogP contribution in [0.15, 0.2) is 22.7 Å². The Bertz CT molecular complexity index is 491. The monoisotopic (exact) mass is 268 g/mol. The summed E-state index contributed by atoms with van der Waals surface area (Å²) >= 11 is 3.47. The molecule has 0 unspecified atom stereocenters. The maximum atomic E-state index is 9.37.